The van der Waals surface area contributed by atoms with Gasteiger partial charge in [0, 0.05) is 0 Å². The Kier molecular flexibility index (Phi) is 4.51. The van der Waals surface area contributed by atoms with Gasteiger partial charge in [-0.2, -0.15) is 0 Å². The van der Waals surface area contributed by atoms with E-state index in [9.17, 15) is 15.0 Å². The van der Waals surface area contributed by atoms with E-state index in [1.807, 2.05) is 0 Å². The average Bonchev–Trinajstić information content (AvgIpc) is 2.93. The molecule has 0 aromatic heterocycles. The molecule has 6 aliphatic rings. The maximum Gasteiger partial charge on any atom is 0.317 e. The molecule has 6 rings (SSSR count). The van der Waals surface area contributed by atoms with Crippen LogP contribution in [0.15, 0.2) is 11.1 Å². The highest BCUT2D eigenvalue weighted by Crippen LogP contribution is 2.76. The summed E-state index contributed by atoms with van der Waals surface area (Å²) >= 11 is 0. The van der Waals surface area contributed by atoms with Gasteiger partial charge < -0.3 is 14.9 Å². The first kappa shape index (κ1) is 23.5. The number of hydrogen-bond acceptors (Lipinski definition) is 4. The molecule has 4 saturated carbocycles. The standard InChI is InChI=1S/C30H46O4/c1-17-10-13-30-15-14-27(5)18(22(30)29(17,7)34-24(30)33)8-9-21-26(4)16-19(31)23(32)25(2,3)20(26)11-12-28(21,27)6/h17,19-21,23,31-32H,8-16H2,1-7H3/t17-,19-,20+,21-,23-,26+,27-,28-,29-,30+/m1/s1. The van der Waals surface area contributed by atoms with Gasteiger partial charge in [-0.1, -0.05) is 47.1 Å². The number of allylic oxidation sites excluding steroid dienone is 1. The molecule has 0 aromatic rings. The minimum Gasteiger partial charge on any atom is -0.454 e. The molecule has 1 heterocycles. The zero-order valence-electron chi connectivity index (χ0n) is 22.5. The fraction of sp³-hybridized carbons (Fsp3) is 0.900. The highest BCUT2D eigenvalue weighted by atomic mass is 16.6. The molecular formula is C30H46O4. The molecule has 1 saturated heterocycles. The zero-order valence-corrected chi connectivity index (χ0v) is 22.5. The van der Waals surface area contributed by atoms with Crippen molar-refractivity contribution in [1.29, 1.82) is 0 Å². The molecule has 4 nitrogen and oxygen atoms in total. The van der Waals surface area contributed by atoms with E-state index in [4.69, 9.17) is 4.74 Å². The SMILES string of the molecule is C[C@@H]1CC[C@]23CC[C@]4(C)C(=C2[C@]1(C)OC3=O)CC[C@@H]1[C@@]2(C)C[C@@H](O)[C@@H](O)C(C)(C)[C@@H]2CC[C@]14C. The van der Waals surface area contributed by atoms with Gasteiger partial charge in [-0.15, -0.1) is 0 Å². The quantitative estimate of drug-likeness (QED) is 0.347. The molecule has 4 heteroatoms. The maximum atomic E-state index is 13.4. The molecule has 0 spiro atoms. The highest BCUT2D eigenvalue weighted by Gasteiger charge is 2.72. The van der Waals surface area contributed by atoms with Crippen molar-refractivity contribution in [2.45, 2.75) is 124 Å². The van der Waals surface area contributed by atoms with E-state index in [1.54, 1.807) is 5.57 Å². The Morgan fingerprint density at radius 2 is 1.59 bits per heavy atom. The summed E-state index contributed by atoms with van der Waals surface area (Å²) in [7, 11) is 0. The van der Waals surface area contributed by atoms with Gasteiger partial charge in [0.15, 0.2) is 0 Å². The molecule has 0 amide bonds. The fourth-order valence-corrected chi connectivity index (χ4v) is 11.4. The van der Waals surface area contributed by atoms with E-state index >= 15 is 0 Å². The number of hydrogen-bond donors (Lipinski definition) is 2. The predicted octanol–water partition coefficient (Wildman–Crippen LogP) is 5.80. The average molecular weight is 471 g/mol. The van der Waals surface area contributed by atoms with Crippen molar-refractivity contribution in [3.63, 3.8) is 0 Å². The summed E-state index contributed by atoms with van der Waals surface area (Å²) in [6.45, 7) is 16.3. The van der Waals surface area contributed by atoms with Crippen LogP contribution >= 0.6 is 0 Å². The van der Waals surface area contributed by atoms with E-state index in [1.165, 1.54) is 5.57 Å². The molecule has 1 aliphatic heterocycles. The van der Waals surface area contributed by atoms with Crippen LogP contribution in [0.3, 0.4) is 0 Å². The lowest BCUT2D eigenvalue weighted by atomic mass is 9.34. The maximum absolute atomic E-state index is 13.4. The van der Waals surface area contributed by atoms with Crippen molar-refractivity contribution in [2.24, 2.45) is 44.8 Å². The van der Waals surface area contributed by atoms with Crippen LogP contribution in [-0.4, -0.2) is 34.0 Å². The number of ether oxygens (including phenoxy) is 1. The third kappa shape index (κ3) is 2.33. The predicted molar refractivity (Wildman–Crippen MR) is 132 cm³/mol. The Hall–Kier alpha value is -0.870. The first-order chi connectivity index (χ1) is 15.7. The molecule has 5 fully saturated rings. The molecule has 34 heavy (non-hydrogen) atoms. The number of carbonyl (C=O) groups excluding carboxylic acids is 1. The summed E-state index contributed by atoms with van der Waals surface area (Å²) in [6, 6.07) is 0. The minimum atomic E-state index is -0.652. The summed E-state index contributed by atoms with van der Waals surface area (Å²) in [5.41, 5.74) is 2.06. The Morgan fingerprint density at radius 3 is 2.29 bits per heavy atom. The first-order valence-corrected chi connectivity index (χ1v) is 14.0. The third-order valence-corrected chi connectivity index (χ3v) is 13.6. The van der Waals surface area contributed by atoms with Crippen LogP contribution in [-0.2, 0) is 9.53 Å². The van der Waals surface area contributed by atoms with Gasteiger partial charge >= 0.3 is 5.97 Å². The normalized spacial score (nSPS) is 57.8. The molecule has 2 N–H and O–H groups in total. The Bertz CT molecular complexity index is 982. The second-order valence-electron chi connectivity index (χ2n) is 14.8. The van der Waals surface area contributed by atoms with Gasteiger partial charge in [0.25, 0.3) is 0 Å². The van der Waals surface area contributed by atoms with Crippen LogP contribution in [0.2, 0.25) is 0 Å². The monoisotopic (exact) mass is 470 g/mol. The van der Waals surface area contributed by atoms with E-state index < -0.39 is 17.8 Å². The highest BCUT2D eigenvalue weighted by molar-refractivity contribution is 5.87. The largest absolute Gasteiger partial charge is 0.454 e. The Labute approximate surface area is 205 Å². The first-order valence-electron chi connectivity index (χ1n) is 14.0. The zero-order chi connectivity index (χ0) is 24.7. The van der Waals surface area contributed by atoms with Crippen molar-refractivity contribution in [2.75, 3.05) is 0 Å². The van der Waals surface area contributed by atoms with Crippen LogP contribution in [0.25, 0.3) is 0 Å². The summed E-state index contributed by atoms with van der Waals surface area (Å²) in [6.07, 6.45) is 7.85. The molecule has 0 aromatic carbocycles. The second kappa shape index (κ2) is 6.52. The molecule has 190 valence electrons. The lowest BCUT2D eigenvalue weighted by molar-refractivity contribution is -0.232. The second-order valence-corrected chi connectivity index (χ2v) is 14.8. The molecule has 5 aliphatic carbocycles. The third-order valence-electron chi connectivity index (χ3n) is 13.6. The van der Waals surface area contributed by atoms with Gasteiger partial charge in [-0.3, -0.25) is 4.79 Å². The van der Waals surface area contributed by atoms with E-state index in [0.717, 1.165) is 51.4 Å². The molecule has 2 bridgehead atoms. The number of esters is 1. The number of rotatable bonds is 0. The van der Waals surface area contributed by atoms with Crippen LogP contribution in [0.1, 0.15) is 106 Å². The number of carbonyl (C=O) groups is 1. The number of aliphatic hydroxyl groups excluding tert-OH is 2. The summed E-state index contributed by atoms with van der Waals surface area (Å²) in [4.78, 5) is 13.4. The fourth-order valence-electron chi connectivity index (χ4n) is 11.4. The van der Waals surface area contributed by atoms with Crippen molar-refractivity contribution in [3.8, 4) is 0 Å². The Balaban J connectivity index is 1.50. The van der Waals surface area contributed by atoms with Crippen LogP contribution in [0.5, 0.6) is 0 Å². The summed E-state index contributed by atoms with van der Waals surface area (Å²) in [5, 5.41) is 21.9. The van der Waals surface area contributed by atoms with Crippen LogP contribution in [0, 0.1) is 44.8 Å². The van der Waals surface area contributed by atoms with Crippen molar-refractivity contribution < 1.29 is 19.7 Å². The van der Waals surface area contributed by atoms with E-state index in [-0.39, 0.29) is 33.0 Å². The van der Waals surface area contributed by atoms with Crippen LogP contribution in [0.4, 0.5) is 0 Å². The Morgan fingerprint density at radius 1 is 0.882 bits per heavy atom. The summed E-state index contributed by atoms with van der Waals surface area (Å²) < 4.78 is 6.29. The van der Waals surface area contributed by atoms with E-state index in [2.05, 4.69) is 48.5 Å². The molecule has 10 atom stereocenters. The van der Waals surface area contributed by atoms with E-state index in [0.29, 0.717) is 24.2 Å². The minimum absolute atomic E-state index is 0.0124. The van der Waals surface area contributed by atoms with Crippen LogP contribution < -0.4 is 0 Å². The van der Waals surface area contributed by atoms with Crippen molar-refractivity contribution in [3.05, 3.63) is 11.1 Å². The molecule has 0 unspecified atom stereocenters. The smallest absolute Gasteiger partial charge is 0.317 e. The summed E-state index contributed by atoms with van der Waals surface area (Å²) in [5.74, 6) is 1.34. The van der Waals surface area contributed by atoms with Gasteiger partial charge in [0.1, 0.15) is 5.60 Å². The van der Waals surface area contributed by atoms with Gasteiger partial charge in [-0.25, -0.2) is 0 Å². The van der Waals surface area contributed by atoms with Crippen molar-refractivity contribution in [1.82, 2.24) is 0 Å². The number of fused-ring (bicyclic) bond motifs is 5. The molecule has 0 radical (unpaired) electrons. The van der Waals surface area contributed by atoms with Gasteiger partial charge in [0.05, 0.1) is 17.6 Å². The van der Waals surface area contributed by atoms with Gasteiger partial charge in [0.2, 0.25) is 0 Å². The number of aliphatic hydroxyl groups is 2. The lowest BCUT2D eigenvalue weighted by Gasteiger charge is -2.71. The lowest BCUT2D eigenvalue weighted by Crippen LogP contribution is -2.66. The molecular weight excluding hydrogens is 424 g/mol. The topological polar surface area (TPSA) is 66.8 Å². The van der Waals surface area contributed by atoms with Gasteiger partial charge in [-0.05, 0) is 110 Å². The van der Waals surface area contributed by atoms with Crippen molar-refractivity contribution >= 4 is 5.97 Å².